The summed E-state index contributed by atoms with van der Waals surface area (Å²) in [5, 5.41) is 0.646. The van der Waals surface area contributed by atoms with Crippen LogP contribution in [0.1, 0.15) is 19.4 Å². The lowest BCUT2D eigenvalue weighted by atomic mass is 10.2. The Kier molecular flexibility index (Phi) is 6.16. The molecule has 0 N–H and O–H groups in total. The van der Waals surface area contributed by atoms with Gasteiger partial charge in [-0.2, -0.15) is 0 Å². The van der Waals surface area contributed by atoms with Crippen molar-refractivity contribution in [3.63, 3.8) is 0 Å². The number of benzene rings is 1. The fraction of sp³-hybridized carbons (Fsp3) is 0.385. The smallest absolute Gasteiger partial charge is 0.178 e. The van der Waals surface area contributed by atoms with Crippen LogP contribution in [0.3, 0.4) is 0 Å². The fourth-order valence-electron chi connectivity index (χ4n) is 1.29. The normalized spacial score (nSPS) is 12.1. The molecule has 2 nitrogen and oxygen atoms in total. The first-order valence-electron chi connectivity index (χ1n) is 5.43. The number of hydrogen-bond acceptors (Lipinski definition) is 2. The van der Waals surface area contributed by atoms with E-state index < -0.39 is 0 Å². The van der Waals surface area contributed by atoms with Gasteiger partial charge in [0.05, 0.1) is 0 Å². The summed E-state index contributed by atoms with van der Waals surface area (Å²) in [6.07, 6.45) is 1.41. The lowest BCUT2D eigenvalue weighted by molar-refractivity contribution is -0.103. The van der Waals surface area contributed by atoms with E-state index in [4.69, 9.17) is 21.1 Å². The van der Waals surface area contributed by atoms with Gasteiger partial charge in [0.1, 0.15) is 0 Å². The predicted molar refractivity (Wildman–Crippen MR) is 67.3 cm³/mol. The van der Waals surface area contributed by atoms with Crippen molar-refractivity contribution in [2.75, 3.05) is 13.2 Å². The highest BCUT2D eigenvalue weighted by molar-refractivity contribution is 6.48. The first kappa shape index (κ1) is 13.2. The molecule has 0 amide bonds. The Morgan fingerprint density at radius 2 is 1.75 bits per heavy atom. The summed E-state index contributed by atoms with van der Waals surface area (Å²) in [6.45, 7) is 5.05. The average molecular weight is 241 g/mol. The molecule has 0 aliphatic carbocycles. The second kappa shape index (κ2) is 7.44. The van der Waals surface area contributed by atoms with Gasteiger partial charge < -0.3 is 9.47 Å². The Labute approximate surface area is 102 Å². The summed E-state index contributed by atoms with van der Waals surface area (Å²) in [6, 6.07) is 9.75. The molecule has 0 saturated carbocycles. The Balaban J connectivity index is 2.72. The van der Waals surface area contributed by atoms with Gasteiger partial charge in [-0.15, -0.1) is 0 Å². The van der Waals surface area contributed by atoms with Crippen LogP contribution in [0, 0.1) is 0 Å². The SMILES string of the molecule is CCOC(/C=C(\Cl)c1ccccc1)OCC. The molecule has 0 aliphatic heterocycles. The Hall–Kier alpha value is -0.830. The zero-order valence-corrected chi connectivity index (χ0v) is 10.4. The van der Waals surface area contributed by atoms with E-state index >= 15 is 0 Å². The molecule has 16 heavy (non-hydrogen) atoms. The minimum atomic E-state index is -0.372. The van der Waals surface area contributed by atoms with E-state index in [0.717, 1.165) is 5.56 Å². The molecule has 0 aliphatic rings. The highest BCUT2D eigenvalue weighted by Crippen LogP contribution is 2.19. The van der Waals surface area contributed by atoms with Gasteiger partial charge in [-0.3, -0.25) is 0 Å². The maximum Gasteiger partial charge on any atom is 0.178 e. The third-order valence-electron chi connectivity index (χ3n) is 1.99. The maximum atomic E-state index is 6.17. The van der Waals surface area contributed by atoms with Crippen molar-refractivity contribution in [1.29, 1.82) is 0 Å². The molecule has 3 heteroatoms. The molecule has 0 aromatic heterocycles. The van der Waals surface area contributed by atoms with E-state index in [9.17, 15) is 0 Å². The van der Waals surface area contributed by atoms with Crippen LogP contribution in [0.25, 0.3) is 5.03 Å². The van der Waals surface area contributed by atoms with Crippen molar-refractivity contribution in [2.24, 2.45) is 0 Å². The van der Waals surface area contributed by atoms with E-state index in [1.807, 2.05) is 44.2 Å². The first-order chi connectivity index (χ1) is 7.77. The lowest BCUT2D eigenvalue weighted by Crippen LogP contribution is -2.14. The van der Waals surface area contributed by atoms with Crippen molar-refractivity contribution in [1.82, 2.24) is 0 Å². The Morgan fingerprint density at radius 3 is 2.25 bits per heavy atom. The molecule has 0 saturated heterocycles. The van der Waals surface area contributed by atoms with E-state index in [0.29, 0.717) is 18.2 Å². The molecule has 1 rings (SSSR count). The molecule has 0 unspecified atom stereocenters. The van der Waals surface area contributed by atoms with Gasteiger partial charge >= 0.3 is 0 Å². The van der Waals surface area contributed by atoms with Crippen molar-refractivity contribution >= 4 is 16.6 Å². The third kappa shape index (κ3) is 4.35. The van der Waals surface area contributed by atoms with Gasteiger partial charge in [0.25, 0.3) is 0 Å². The standard InChI is InChI=1S/C13H17ClO2/c1-3-15-13(16-4-2)10-12(14)11-8-6-5-7-9-11/h5-10,13H,3-4H2,1-2H3/b12-10-. The Bertz CT molecular complexity index is 316. The van der Waals surface area contributed by atoms with Crippen LogP contribution >= 0.6 is 11.6 Å². The topological polar surface area (TPSA) is 18.5 Å². The summed E-state index contributed by atoms with van der Waals surface area (Å²) >= 11 is 6.17. The van der Waals surface area contributed by atoms with Crippen LogP contribution < -0.4 is 0 Å². The van der Waals surface area contributed by atoms with Crippen LogP contribution in [-0.4, -0.2) is 19.5 Å². The minimum Gasteiger partial charge on any atom is -0.349 e. The van der Waals surface area contributed by atoms with Crippen molar-refractivity contribution < 1.29 is 9.47 Å². The number of rotatable bonds is 6. The van der Waals surface area contributed by atoms with Gasteiger partial charge in [0, 0.05) is 18.2 Å². The lowest BCUT2D eigenvalue weighted by Gasteiger charge is -2.13. The van der Waals surface area contributed by atoms with E-state index in [2.05, 4.69) is 0 Å². The van der Waals surface area contributed by atoms with E-state index in [1.165, 1.54) is 0 Å². The molecular formula is C13H17ClO2. The highest BCUT2D eigenvalue weighted by atomic mass is 35.5. The summed E-state index contributed by atoms with van der Waals surface area (Å²) in [5.74, 6) is 0. The van der Waals surface area contributed by atoms with E-state index in [-0.39, 0.29) is 6.29 Å². The van der Waals surface area contributed by atoms with Crippen LogP contribution in [-0.2, 0) is 9.47 Å². The van der Waals surface area contributed by atoms with Crippen LogP contribution in [0.5, 0.6) is 0 Å². The maximum absolute atomic E-state index is 6.17. The molecule has 0 fully saturated rings. The van der Waals surface area contributed by atoms with Crippen LogP contribution in [0.15, 0.2) is 36.4 Å². The second-order valence-corrected chi connectivity index (χ2v) is 3.57. The zero-order valence-electron chi connectivity index (χ0n) is 9.65. The predicted octanol–water partition coefficient (Wildman–Crippen LogP) is 3.67. The average Bonchev–Trinajstić information content (AvgIpc) is 2.31. The summed E-state index contributed by atoms with van der Waals surface area (Å²) in [5.41, 5.74) is 0.966. The molecule has 1 aromatic rings. The van der Waals surface area contributed by atoms with Gasteiger partial charge in [-0.1, -0.05) is 41.9 Å². The highest BCUT2D eigenvalue weighted by Gasteiger charge is 2.06. The van der Waals surface area contributed by atoms with Crippen molar-refractivity contribution in [2.45, 2.75) is 20.1 Å². The van der Waals surface area contributed by atoms with Crippen LogP contribution in [0.4, 0.5) is 0 Å². The molecule has 0 radical (unpaired) electrons. The molecule has 88 valence electrons. The summed E-state index contributed by atoms with van der Waals surface area (Å²) in [4.78, 5) is 0. The molecule has 0 spiro atoms. The molecule has 1 aromatic carbocycles. The van der Waals surface area contributed by atoms with Gasteiger partial charge in [-0.05, 0) is 25.5 Å². The molecule has 0 atom stereocenters. The zero-order chi connectivity index (χ0) is 11.8. The quantitative estimate of drug-likeness (QED) is 0.707. The third-order valence-corrected chi connectivity index (χ3v) is 2.34. The van der Waals surface area contributed by atoms with Crippen LogP contribution in [0.2, 0.25) is 0 Å². The number of halogens is 1. The van der Waals surface area contributed by atoms with Crippen molar-refractivity contribution in [3.05, 3.63) is 42.0 Å². The fourth-order valence-corrected chi connectivity index (χ4v) is 1.51. The molecule has 0 bridgehead atoms. The second-order valence-electron chi connectivity index (χ2n) is 3.16. The largest absolute Gasteiger partial charge is 0.349 e. The first-order valence-corrected chi connectivity index (χ1v) is 5.81. The minimum absolute atomic E-state index is 0.372. The molecule has 0 heterocycles. The van der Waals surface area contributed by atoms with E-state index in [1.54, 1.807) is 6.08 Å². The summed E-state index contributed by atoms with van der Waals surface area (Å²) < 4.78 is 10.8. The van der Waals surface area contributed by atoms with Crippen molar-refractivity contribution in [3.8, 4) is 0 Å². The molecular weight excluding hydrogens is 224 g/mol. The number of hydrogen-bond donors (Lipinski definition) is 0. The van der Waals surface area contributed by atoms with Gasteiger partial charge in [-0.25, -0.2) is 0 Å². The Morgan fingerprint density at radius 1 is 1.19 bits per heavy atom. The number of ether oxygens (including phenoxy) is 2. The summed E-state index contributed by atoms with van der Waals surface area (Å²) in [7, 11) is 0. The van der Waals surface area contributed by atoms with Gasteiger partial charge in [0.2, 0.25) is 0 Å². The monoisotopic (exact) mass is 240 g/mol. The van der Waals surface area contributed by atoms with Gasteiger partial charge in [0.15, 0.2) is 6.29 Å².